The fourth-order valence-corrected chi connectivity index (χ4v) is 2.13. The minimum absolute atomic E-state index is 0.172. The molecule has 102 valence electrons. The van der Waals surface area contributed by atoms with E-state index in [1.165, 1.54) is 6.20 Å². The van der Waals surface area contributed by atoms with Gasteiger partial charge in [0.05, 0.1) is 0 Å². The van der Waals surface area contributed by atoms with Crippen LogP contribution in [0.5, 0.6) is 0 Å². The monoisotopic (exact) mass is 278 g/mol. The number of carbonyl (C=O) groups excluding carboxylic acids is 1. The molecule has 0 bridgehead atoms. The lowest BCUT2D eigenvalue weighted by Gasteiger charge is -2.10. The first-order valence-corrected chi connectivity index (χ1v) is 7.39. The molecule has 1 aromatic heterocycles. The number of nitrogens with zero attached hydrogens (tertiary/aromatic N) is 1. The fourth-order valence-electron chi connectivity index (χ4n) is 1.44. The number of nitrogens with one attached hydrogen (secondary N) is 1. The third-order valence-electron chi connectivity index (χ3n) is 2.37. The van der Waals surface area contributed by atoms with E-state index in [-0.39, 0.29) is 12.5 Å². The van der Waals surface area contributed by atoms with Crippen LogP contribution in [0.3, 0.4) is 0 Å². The normalized spacial score (nSPS) is 11.3. The van der Waals surface area contributed by atoms with Crippen LogP contribution in [-0.2, 0) is 0 Å². The molecule has 0 saturated carbocycles. The molecule has 1 unspecified atom stereocenters. The zero-order valence-corrected chi connectivity index (χ0v) is 12.0. The number of carbonyl (C=O) groups is 1. The summed E-state index contributed by atoms with van der Waals surface area (Å²) in [6.45, 7) is 2.56. The van der Waals surface area contributed by atoms with Gasteiger partial charge in [-0.25, -0.2) is 4.98 Å². The number of hydrogen-bond donors (Lipinski definition) is 2. The fraction of sp³-hybridized carbons (Fsp3) is 0.429. The molecule has 0 aliphatic rings. The Morgan fingerprint density at radius 2 is 2.37 bits per heavy atom. The lowest BCUT2D eigenvalue weighted by atomic mass is 10.2. The maximum Gasteiger partial charge on any atom is 0.269 e. The number of aromatic nitrogens is 1. The molecule has 1 atom stereocenters. The number of aliphatic hydroxyl groups excluding tert-OH is 1. The van der Waals surface area contributed by atoms with Crippen LogP contribution >= 0.6 is 11.8 Å². The van der Waals surface area contributed by atoms with Crippen molar-refractivity contribution in [2.24, 2.45) is 5.92 Å². The maximum atomic E-state index is 11.8. The van der Waals surface area contributed by atoms with Crippen LogP contribution < -0.4 is 5.32 Å². The molecule has 1 amide bonds. The summed E-state index contributed by atoms with van der Waals surface area (Å²) >= 11 is 1.76. The summed E-state index contributed by atoms with van der Waals surface area (Å²) in [6, 6.07) is 3.35. The number of rotatable bonds is 5. The molecule has 19 heavy (non-hydrogen) atoms. The summed E-state index contributed by atoms with van der Waals surface area (Å²) in [5.41, 5.74) is 1.06. The van der Waals surface area contributed by atoms with E-state index in [0.29, 0.717) is 23.7 Å². The number of aliphatic hydroxyl groups is 1. The van der Waals surface area contributed by atoms with Gasteiger partial charge in [-0.15, -0.1) is 0 Å². The van der Waals surface area contributed by atoms with E-state index in [4.69, 9.17) is 5.11 Å². The van der Waals surface area contributed by atoms with Gasteiger partial charge < -0.3 is 10.4 Å². The summed E-state index contributed by atoms with van der Waals surface area (Å²) in [5.74, 6) is 6.54. The smallest absolute Gasteiger partial charge is 0.269 e. The average Bonchev–Trinajstić information content (AvgIpc) is 2.43. The molecule has 0 spiro atoms. The third kappa shape index (κ3) is 5.77. The van der Waals surface area contributed by atoms with Crippen LogP contribution in [0.15, 0.2) is 18.3 Å². The van der Waals surface area contributed by atoms with Gasteiger partial charge >= 0.3 is 0 Å². The number of pyridine rings is 1. The molecule has 1 heterocycles. The maximum absolute atomic E-state index is 11.8. The first kappa shape index (κ1) is 15.5. The van der Waals surface area contributed by atoms with Gasteiger partial charge in [-0.2, -0.15) is 11.8 Å². The van der Waals surface area contributed by atoms with Gasteiger partial charge in [-0.05, 0) is 30.1 Å². The van der Waals surface area contributed by atoms with E-state index >= 15 is 0 Å². The highest BCUT2D eigenvalue weighted by atomic mass is 32.2. The molecule has 0 aliphatic heterocycles. The molecular formula is C14H18N2O2S. The molecule has 1 aromatic rings. The average molecular weight is 278 g/mol. The molecule has 4 nitrogen and oxygen atoms in total. The van der Waals surface area contributed by atoms with Crippen molar-refractivity contribution in [3.8, 4) is 11.8 Å². The van der Waals surface area contributed by atoms with Crippen molar-refractivity contribution in [3.63, 3.8) is 0 Å². The van der Waals surface area contributed by atoms with Gasteiger partial charge in [-0.1, -0.05) is 18.8 Å². The molecule has 1 rings (SSSR count). The summed E-state index contributed by atoms with van der Waals surface area (Å²) in [7, 11) is 0. The Morgan fingerprint density at radius 1 is 1.58 bits per heavy atom. The number of thioether (sulfide) groups is 1. The Bertz CT molecular complexity index is 463. The topological polar surface area (TPSA) is 62.2 Å². The van der Waals surface area contributed by atoms with Gasteiger partial charge in [-0.3, -0.25) is 4.79 Å². The van der Waals surface area contributed by atoms with Crippen molar-refractivity contribution in [1.82, 2.24) is 10.3 Å². The zero-order valence-electron chi connectivity index (χ0n) is 11.1. The van der Waals surface area contributed by atoms with E-state index in [9.17, 15) is 4.79 Å². The quantitative estimate of drug-likeness (QED) is 0.793. The van der Waals surface area contributed by atoms with Crippen molar-refractivity contribution in [2.45, 2.75) is 6.92 Å². The highest BCUT2D eigenvalue weighted by molar-refractivity contribution is 7.98. The third-order valence-corrected chi connectivity index (χ3v) is 3.27. The molecule has 5 heteroatoms. The van der Waals surface area contributed by atoms with Crippen LogP contribution in [0.4, 0.5) is 0 Å². The standard InChI is InChI=1S/C14H18N2O2S/c1-11(10-19-2)8-16-14(18)13-6-5-12(9-15-13)4-3-7-17/h5-6,9,11,17H,7-8,10H2,1-2H3,(H,16,18). The van der Waals surface area contributed by atoms with Crippen molar-refractivity contribution in [3.05, 3.63) is 29.6 Å². The largest absolute Gasteiger partial charge is 0.384 e. The summed E-state index contributed by atoms with van der Waals surface area (Å²) in [6.07, 6.45) is 3.58. The van der Waals surface area contributed by atoms with E-state index in [2.05, 4.69) is 29.1 Å². The van der Waals surface area contributed by atoms with Crippen LogP contribution in [0.25, 0.3) is 0 Å². The number of amides is 1. The molecule has 0 aromatic carbocycles. The predicted molar refractivity (Wildman–Crippen MR) is 78.1 cm³/mol. The van der Waals surface area contributed by atoms with Gasteiger partial charge in [0, 0.05) is 18.3 Å². The van der Waals surface area contributed by atoms with Gasteiger partial charge in [0.15, 0.2) is 0 Å². The Labute approximate surface area is 118 Å². The summed E-state index contributed by atoms with van der Waals surface area (Å²) in [4.78, 5) is 15.9. The van der Waals surface area contributed by atoms with Gasteiger partial charge in [0.2, 0.25) is 0 Å². The Kier molecular flexibility index (Phi) is 7.01. The highest BCUT2D eigenvalue weighted by Gasteiger charge is 2.08. The first-order valence-electron chi connectivity index (χ1n) is 6.00. The van der Waals surface area contributed by atoms with Gasteiger partial charge in [0.25, 0.3) is 5.91 Å². The lowest BCUT2D eigenvalue weighted by molar-refractivity contribution is 0.0944. The minimum atomic E-state index is -0.185. The van der Waals surface area contributed by atoms with Crippen LogP contribution in [0.1, 0.15) is 23.0 Å². The Morgan fingerprint density at radius 3 is 2.95 bits per heavy atom. The molecule has 0 saturated heterocycles. The Hall–Kier alpha value is -1.51. The second-order valence-corrected chi connectivity index (χ2v) is 5.07. The molecule has 0 aliphatic carbocycles. The Balaban J connectivity index is 2.53. The zero-order chi connectivity index (χ0) is 14.1. The SMILES string of the molecule is CSCC(C)CNC(=O)c1ccc(C#CCO)cn1. The minimum Gasteiger partial charge on any atom is -0.384 e. The van der Waals surface area contributed by atoms with Crippen molar-refractivity contribution in [2.75, 3.05) is 25.2 Å². The van der Waals surface area contributed by atoms with E-state index in [1.807, 2.05) is 6.26 Å². The lowest BCUT2D eigenvalue weighted by Crippen LogP contribution is -2.29. The van der Waals surface area contributed by atoms with Crippen LogP contribution in [-0.4, -0.2) is 41.2 Å². The van der Waals surface area contributed by atoms with Gasteiger partial charge in [0.1, 0.15) is 12.3 Å². The second-order valence-electron chi connectivity index (χ2n) is 4.16. The highest BCUT2D eigenvalue weighted by Crippen LogP contribution is 2.03. The van der Waals surface area contributed by atoms with E-state index < -0.39 is 0 Å². The van der Waals surface area contributed by atoms with Crippen LogP contribution in [0.2, 0.25) is 0 Å². The molecule has 0 radical (unpaired) electrons. The first-order chi connectivity index (χ1) is 9.17. The second kappa shape index (κ2) is 8.57. The van der Waals surface area contributed by atoms with Crippen molar-refractivity contribution >= 4 is 17.7 Å². The number of hydrogen-bond acceptors (Lipinski definition) is 4. The van der Waals surface area contributed by atoms with Crippen molar-refractivity contribution in [1.29, 1.82) is 0 Å². The predicted octanol–water partition coefficient (Wildman–Crippen LogP) is 1.15. The summed E-state index contributed by atoms with van der Waals surface area (Å²) < 4.78 is 0. The molecular weight excluding hydrogens is 260 g/mol. The van der Waals surface area contributed by atoms with Crippen LogP contribution in [0, 0.1) is 17.8 Å². The molecule has 2 N–H and O–H groups in total. The summed E-state index contributed by atoms with van der Waals surface area (Å²) in [5, 5.41) is 11.4. The van der Waals surface area contributed by atoms with Crippen molar-refractivity contribution < 1.29 is 9.90 Å². The van der Waals surface area contributed by atoms with E-state index in [1.54, 1.807) is 23.9 Å². The molecule has 0 fully saturated rings. The van der Waals surface area contributed by atoms with E-state index in [0.717, 1.165) is 5.75 Å².